The molecule has 0 saturated heterocycles. The summed E-state index contributed by atoms with van der Waals surface area (Å²) in [5.74, 6) is 1.95. The molecule has 0 fully saturated rings. The molecule has 0 aromatic heterocycles. The zero-order chi connectivity index (χ0) is 15.9. The van der Waals surface area contributed by atoms with E-state index in [-0.39, 0.29) is 5.78 Å². The Kier molecular flexibility index (Phi) is 5.90. The van der Waals surface area contributed by atoms with Crippen LogP contribution in [0, 0.1) is 0 Å². The molecule has 0 aliphatic carbocycles. The van der Waals surface area contributed by atoms with Gasteiger partial charge in [0.2, 0.25) is 0 Å². The Bertz CT molecular complexity index is 638. The van der Waals surface area contributed by atoms with E-state index in [1.807, 2.05) is 42.5 Å². The fraction of sp³-hybridized carbons (Fsp3) is 0.278. The maximum atomic E-state index is 12.2. The topological polar surface area (TPSA) is 35.5 Å². The lowest BCUT2D eigenvalue weighted by Gasteiger charge is -2.13. The smallest absolute Gasteiger partial charge is 0.173 e. The van der Waals surface area contributed by atoms with Crippen LogP contribution < -0.4 is 9.47 Å². The Morgan fingerprint density at radius 1 is 1.05 bits per heavy atom. The summed E-state index contributed by atoms with van der Waals surface area (Å²) < 4.78 is 10.7. The fourth-order valence-electron chi connectivity index (χ4n) is 2.16. The van der Waals surface area contributed by atoms with Crippen molar-refractivity contribution in [2.45, 2.75) is 18.2 Å². The van der Waals surface area contributed by atoms with E-state index in [2.05, 4.69) is 6.92 Å². The summed E-state index contributed by atoms with van der Waals surface area (Å²) in [5, 5.41) is 0. The van der Waals surface area contributed by atoms with Crippen LogP contribution in [0.5, 0.6) is 11.5 Å². The molecule has 0 amide bonds. The average Bonchev–Trinajstić information content (AvgIpc) is 2.59. The predicted octanol–water partition coefficient (Wildman–Crippen LogP) is 4.24. The molecular weight excluding hydrogens is 296 g/mol. The van der Waals surface area contributed by atoms with Crippen molar-refractivity contribution in [3.63, 3.8) is 0 Å². The van der Waals surface area contributed by atoms with Gasteiger partial charge in [0, 0.05) is 10.5 Å². The zero-order valence-corrected chi connectivity index (χ0v) is 13.9. The average molecular weight is 316 g/mol. The summed E-state index contributed by atoms with van der Waals surface area (Å²) in [4.78, 5) is 13.3. The number of carbonyl (C=O) groups excluding carboxylic acids is 1. The van der Waals surface area contributed by atoms with Gasteiger partial charge in [-0.15, -0.1) is 11.8 Å². The molecule has 0 spiro atoms. The van der Waals surface area contributed by atoms with Gasteiger partial charge in [0.15, 0.2) is 17.3 Å². The monoisotopic (exact) mass is 316 g/mol. The van der Waals surface area contributed by atoms with Gasteiger partial charge in [0.25, 0.3) is 0 Å². The first-order chi connectivity index (χ1) is 10.7. The van der Waals surface area contributed by atoms with Crippen molar-refractivity contribution < 1.29 is 14.3 Å². The maximum Gasteiger partial charge on any atom is 0.173 e. The van der Waals surface area contributed by atoms with E-state index < -0.39 is 0 Å². The third kappa shape index (κ3) is 3.83. The zero-order valence-electron chi connectivity index (χ0n) is 13.1. The summed E-state index contributed by atoms with van der Waals surface area (Å²) in [6, 6.07) is 13.3. The minimum absolute atomic E-state index is 0.127. The van der Waals surface area contributed by atoms with E-state index in [9.17, 15) is 4.79 Å². The van der Waals surface area contributed by atoms with E-state index in [0.29, 0.717) is 11.5 Å². The number of rotatable bonds is 7. The molecule has 0 aliphatic rings. The van der Waals surface area contributed by atoms with Crippen LogP contribution in [0.25, 0.3) is 0 Å². The first-order valence-electron chi connectivity index (χ1n) is 7.15. The summed E-state index contributed by atoms with van der Waals surface area (Å²) in [7, 11) is 3.25. The quantitative estimate of drug-likeness (QED) is 0.565. The SMILES string of the molecule is CCc1cc(OC)c(OC)cc1SCC(=O)c1ccccc1. The Hall–Kier alpha value is -1.94. The van der Waals surface area contributed by atoms with Crippen molar-refractivity contribution in [3.05, 3.63) is 53.6 Å². The highest BCUT2D eigenvalue weighted by Crippen LogP contribution is 2.35. The van der Waals surface area contributed by atoms with Crippen molar-refractivity contribution in [3.8, 4) is 11.5 Å². The van der Waals surface area contributed by atoms with Crippen LogP contribution in [0.4, 0.5) is 0 Å². The third-order valence-electron chi connectivity index (χ3n) is 3.40. The van der Waals surface area contributed by atoms with Crippen molar-refractivity contribution in [2.75, 3.05) is 20.0 Å². The molecule has 3 nitrogen and oxygen atoms in total. The van der Waals surface area contributed by atoms with Gasteiger partial charge in [-0.1, -0.05) is 37.3 Å². The molecule has 2 aromatic rings. The van der Waals surface area contributed by atoms with Gasteiger partial charge >= 0.3 is 0 Å². The number of Topliss-reactive ketones (excluding diaryl/α,β-unsaturated/α-hetero) is 1. The molecule has 0 saturated carbocycles. The van der Waals surface area contributed by atoms with Gasteiger partial charge in [-0.2, -0.15) is 0 Å². The van der Waals surface area contributed by atoms with E-state index in [4.69, 9.17) is 9.47 Å². The highest BCUT2D eigenvalue weighted by molar-refractivity contribution is 8.00. The van der Waals surface area contributed by atoms with Gasteiger partial charge in [-0.05, 0) is 24.1 Å². The van der Waals surface area contributed by atoms with Gasteiger partial charge in [0.1, 0.15) is 0 Å². The number of hydrogen-bond donors (Lipinski definition) is 0. The molecule has 0 heterocycles. The van der Waals surface area contributed by atoms with E-state index in [1.165, 1.54) is 11.8 Å². The van der Waals surface area contributed by atoms with Crippen molar-refractivity contribution >= 4 is 17.5 Å². The molecule has 0 atom stereocenters. The number of benzene rings is 2. The van der Waals surface area contributed by atoms with E-state index in [1.54, 1.807) is 14.2 Å². The van der Waals surface area contributed by atoms with Gasteiger partial charge in [-0.25, -0.2) is 0 Å². The molecule has 2 rings (SSSR count). The Morgan fingerprint density at radius 2 is 1.68 bits per heavy atom. The largest absolute Gasteiger partial charge is 0.493 e. The molecule has 0 unspecified atom stereocenters. The number of ether oxygens (including phenoxy) is 2. The van der Waals surface area contributed by atoms with Crippen LogP contribution in [-0.4, -0.2) is 25.8 Å². The molecule has 0 radical (unpaired) electrons. The van der Waals surface area contributed by atoms with Crippen LogP contribution in [0.3, 0.4) is 0 Å². The first-order valence-corrected chi connectivity index (χ1v) is 8.14. The fourth-order valence-corrected chi connectivity index (χ4v) is 3.20. The van der Waals surface area contributed by atoms with Crippen LogP contribution in [0.15, 0.2) is 47.4 Å². The number of hydrogen-bond acceptors (Lipinski definition) is 4. The number of methoxy groups -OCH3 is 2. The van der Waals surface area contributed by atoms with E-state index in [0.717, 1.165) is 28.2 Å². The van der Waals surface area contributed by atoms with Crippen LogP contribution in [0.1, 0.15) is 22.8 Å². The van der Waals surface area contributed by atoms with Crippen molar-refractivity contribution in [1.29, 1.82) is 0 Å². The van der Waals surface area contributed by atoms with Crippen LogP contribution in [0.2, 0.25) is 0 Å². The molecular formula is C18H20O3S. The third-order valence-corrected chi connectivity index (χ3v) is 4.50. The molecule has 0 N–H and O–H groups in total. The number of ketones is 1. The Balaban J connectivity index is 2.17. The number of carbonyl (C=O) groups is 1. The Morgan fingerprint density at radius 3 is 2.27 bits per heavy atom. The molecule has 0 aliphatic heterocycles. The van der Waals surface area contributed by atoms with Crippen LogP contribution in [-0.2, 0) is 6.42 Å². The normalized spacial score (nSPS) is 10.3. The first kappa shape index (κ1) is 16.4. The lowest BCUT2D eigenvalue weighted by atomic mass is 10.1. The molecule has 4 heteroatoms. The second-order valence-corrected chi connectivity index (χ2v) is 5.76. The highest BCUT2D eigenvalue weighted by atomic mass is 32.2. The predicted molar refractivity (Wildman–Crippen MR) is 90.4 cm³/mol. The lowest BCUT2D eigenvalue weighted by molar-refractivity contribution is 0.102. The van der Waals surface area contributed by atoms with Crippen molar-refractivity contribution in [2.24, 2.45) is 0 Å². The minimum Gasteiger partial charge on any atom is -0.493 e. The van der Waals surface area contributed by atoms with Gasteiger partial charge in [-0.3, -0.25) is 4.79 Å². The van der Waals surface area contributed by atoms with Crippen LogP contribution >= 0.6 is 11.8 Å². The minimum atomic E-state index is 0.127. The number of aryl methyl sites for hydroxylation is 1. The van der Waals surface area contributed by atoms with Gasteiger partial charge < -0.3 is 9.47 Å². The molecule has 2 aromatic carbocycles. The molecule has 116 valence electrons. The summed E-state index contributed by atoms with van der Waals surface area (Å²) >= 11 is 1.54. The molecule has 0 bridgehead atoms. The highest BCUT2D eigenvalue weighted by Gasteiger charge is 2.13. The second-order valence-electron chi connectivity index (χ2n) is 4.75. The van der Waals surface area contributed by atoms with E-state index >= 15 is 0 Å². The lowest BCUT2D eigenvalue weighted by Crippen LogP contribution is -2.02. The summed E-state index contributed by atoms with van der Waals surface area (Å²) in [6.07, 6.45) is 0.877. The molecule has 22 heavy (non-hydrogen) atoms. The number of thioether (sulfide) groups is 1. The Labute approximate surface area is 135 Å². The van der Waals surface area contributed by atoms with Crippen molar-refractivity contribution in [1.82, 2.24) is 0 Å². The maximum absolute atomic E-state index is 12.2. The standard InChI is InChI=1S/C18H20O3S/c1-4-13-10-16(20-2)17(21-3)11-18(13)22-12-15(19)14-8-6-5-7-9-14/h5-11H,4,12H2,1-3H3. The second kappa shape index (κ2) is 7.90. The summed E-state index contributed by atoms with van der Waals surface area (Å²) in [5.41, 5.74) is 1.90. The summed E-state index contributed by atoms with van der Waals surface area (Å²) in [6.45, 7) is 2.09. The van der Waals surface area contributed by atoms with Gasteiger partial charge in [0.05, 0.1) is 20.0 Å².